The standard InChI is InChI=1S/C18H17N5O2S/c19-11-3-1-10-2-8-14-16(18(20)24)22-23(17(14)15(10)9-11)12-4-6-13(7-5-12)26(21)25/h1,3-7,9H,2,8,19,21H2,(H2,20,24). The molecule has 0 saturated carbocycles. The Morgan fingerprint density at radius 2 is 1.85 bits per heavy atom. The maximum absolute atomic E-state index is 11.9. The quantitative estimate of drug-likeness (QED) is 0.602. The fraction of sp³-hybridized carbons (Fsp3) is 0.111. The van der Waals surface area contributed by atoms with Crippen LogP contribution in [-0.4, -0.2) is 19.9 Å². The van der Waals surface area contributed by atoms with Crippen LogP contribution in [0.15, 0.2) is 47.4 Å². The highest BCUT2D eigenvalue weighted by molar-refractivity contribution is 7.82. The van der Waals surface area contributed by atoms with E-state index in [4.69, 9.17) is 16.6 Å². The second-order valence-corrected chi connectivity index (χ2v) is 7.23. The van der Waals surface area contributed by atoms with E-state index in [1.807, 2.05) is 18.2 Å². The fourth-order valence-electron chi connectivity index (χ4n) is 3.36. The summed E-state index contributed by atoms with van der Waals surface area (Å²) in [5.41, 5.74) is 16.9. The Morgan fingerprint density at radius 1 is 1.12 bits per heavy atom. The number of primary amides is 1. The van der Waals surface area contributed by atoms with Gasteiger partial charge >= 0.3 is 0 Å². The Hall–Kier alpha value is -2.97. The lowest BCUT2D eigenvalue weighted by molar-refractivity contribution is 0.0994. The smallest absolute Gasteiger partial charge is 0.269 e. The van der Waals surface area contributed by atoms with Gasteiger partial charge in [-0.2, -0.15) is 5.10 Å². The maximum atomic E-state index is 11.9. The number of benzene rings is 2. The molecule has 2 aromatic carbocycles. The Balaban J connectivity index is 1.97. The number of aromatic nitrogens is 2. The van der Waals surface area contributed by atoms with Gasteiger partial charge in [-0.1, -0.05) is 6.07 Å². The van der Waals surface area contributed by atoms with E-state index in [0.717, 1.165) is 34.5 Å². The third kappa shape index (κ3) is 2.59. The molecule has 7 nitrogen and oxygen atoms in total. The summed E-state index contributed by atoms with van der Waals surface area (Å²) >= 11 is 0. The molecule has 1 atom stereocenters. The van der Waals surface area contributed by atoms with Gasteiger partial charge in [-0.25, -0.2) is 14.0 Å². The van der Waals surface area contributed by atoms with E-state index >= 15 is 0 Å². The summed E-state index contributed by atoms with van der Waals surface area (Å²) in [5.74, 6) is -0.563. The van der Waals surface area contributed by atoms with Gasteiger partial charge in [0.15, 0.2) is 5.69 Å². The van der Waals surface area contributed by atoms with Crippen molar-refractivity contribution in [2.24, 2.45) is 10.9 Å². The van der Waals surface area contributed by atoms with Crippen molar-refractivity contribution in [3.05, 3.63) is 59.3 Å². The lowest BCUT2D eigenvalue weighted by Crippen LogP contribution is -2.15. The van der Waals surface area contributed by atoms with Crippen LogP contribution in [0.3, 0.4) is 0 Å². The minimum absolute atomic E-state index is 0.263. The zero-order valence-electron chi connectivity index (χ0n) is 13.8. The summed E-state index contributed by atoms with van der Waals surface area (Å²) in [7, 11) is -1.56. The minimum atomic E-state index is -1.56. The number of hydrogen-bond acceptors (Lipinski definition) is 4. The number of nitrogens with two attached hydrogens (primary N) is 3. The van der Waals surface area contributed by atoms with Gasteiger partial charge in [0.2, 0.25) is 0 Å². The summed E-state index contributed by atoms with van der Waals surface area (Å²) in [6.07, 6.45) is 1.47. The largest absolute Gasteiger partial charge is 0.399 e. The fourth-order valence-corrected chi connectivity index (χ4v) is 3.77. The molecule has 0 fully saturated rings. The van der Waals surface area contributed by atoms with Crippen LogP contribution in [-0.2, 0) is 23.8 Å². The Bertz CT molecular complexity index is 1060. The van der Waals surface area contributed by atoms with Gasteiger partial charge in [0.25, 0.3) is 5.91 Å². The predicted molar refractivity (Wildman–Crippen MR) is 99.9 cm³/mol. The average molecular weight is 367 g/mol. The van der Waals surface area contributed by atoms with Gasteiger partial charge < -0.3 is 11.5 Å². The average Bonchev–Trinajstić information content (AvgIpc) is 3.02. The molecule has 1 heterocycles. The number of fused-ring (bicyclic) bond motifs is 3. The molecule has 0 radical (unpaired) electrons. The molecular formula is C18H17N5O2S. The van der Waals surface area contributed by atoms with Crippen LogP contribution in [0.1, 0.15) is 21.6 Å². The SMILES string of the molecule is NC(=O)c1nn(-c2ccc(S(N)=O)cc2)c2c1CCc1ccc(N)cc1-2. The molecule has 1 aromatic heterocycles. The number of carbonyl (C=O) groups excluding carboxylic acids is 1. The Morgan fingerprint density at radius 3 is 2.50 bits per heavy atom. The summed E-state index contributed by atoms with van der Waals surface area (Å²) in [6, 6.07) is 12.6. The molecule has 6 N–H and O–H groups in total. The molecule has 0 spiro atoms. The molecule has 8 heteroatoms. The van der Waals surface area contributed by atoms with E-state index in [1.165, 1.54) is 0 Å². The van der Waals surface area contributed by atoms with Crippen molar-refractivity contribution < 1.29 is 9.00 Å². The van der Waals surface area contributed by atoms with Crippen molar-refractivity contribution >= 4 is 22.6 Å². The molecule has 1 aliphatic carbocycles. The number of aryl methyl sites for hydroxylation is 1. The summed E-state index contributed by atoms with van der Waals surface area (Å²) in [4.78, 5) is 12.4. The van der Waals surface area contributed by atoms with Gasteiger partial charge in [0.1, 0.15) is 11.0 Å². The topological polar surface area (TPSA) is 130 Å². The molecule has 0 aliphatic heterocycles. The second kappa shape index (κ2) is 6.08. The normalized spacial score (nSPS) is 13.7. The third-order valence-corrected chi connectivity index (χ3v) is 5.30. The molecule has 26 heavy (non-hydrogen) atoms. The van der Waals surface area contributed by atoms with E-state index in [9.17, 15) is 9.00 Å². The highest BCUT2D eigenvalue weighted by atomic mass is 32.2. The van der Waals surface area contributed by atoms with Gasteiger partial charge in [-0.15, -0.1) is 0 Å². The van der Waals surface area contributed by atoms with Crippen LogP contribution in [0.2, 0.25) is 0 Å². The van der Waals surface area contributed by atoms with Gasteiger partial charge in [0, 0.05) is 16.8 Å². The Labute approximate surface area is 152 Å². The van der Waals surface area contributed by atoms with Crippen molar-refractivity contribution in [3.63, 3.8) is 0 Å². The van der Waals surface area contributed by atoms with Crippen molar-refractivity contribution in [2.75, 3.05) is 5.73 Å². The molecule has 3 aromatic rings. The van der Waals surface area contributed by atoms with Gasteiger partial charge in [0.05, 0.1) is 16.3 Å². The zero-order valence-corrected chi connectivity index (χ0v) is 14.6. The number of hydrogen-bond donors (Lipinski definition) is 3. The minimum Gasteiger partial charge on any atom is -0.399 e. The van der Waals surface area contributed by atoms with Crippen LogP contribution >= 0.6 is 0 Å². The van der Waals surface area contributed by atoms with E-state index in [-0.39, 0.29) is 5.69 Å². The first-order valence-electron chi connectivity index (χ1n) is 8.03. The van der Waals surface area contributed by atoms with Crippen LogP contribution in [0.25, 0.3) is 16.9 Å². The van der Waals surface area contributed by atoms with E-state index in [2.05, 4.69) is 5.10 Å². The second-order valence-electron chi connectivity index (χ2n) is 6.16. The first-order chi connectivity index (χ1) is 12.5. The van der Waals surface area contributed by atoms with Crippen molar-refractivity contribution in [2.45, 2.75) is 17.7 Å². The maximum Gasteiger partial charge on any atom is 0.269 e. The zero-order chi connectivity index (χ0) is 18.4. The molecule has 1 unspecified atom stereocenters. The van der Waals surface area contributed by atoms with E-state index in [0.29, 0.717) is 17.0 Å². The number of amides is 1. The van der Waals surface area contributed by atoms with Crippen LogP contribution < -0.4 is 16.6 Å². The van der Waals surface area contributed by atoms with Crippen LogP contribution in [0.5, 0.6) is 0 Å². The number of rotatable bonds is 3. The molecule has 0 bridgehead atoms. The number of nitrogen functional groups attached to an aromatic ring is 1. The van der Waals surface area contributed by atoms with Gasteiger partial charge in [-0.05, 0) is 54.8 Å². The number of nitrogens with zero attached hydrogens (tertiary/aromatic N) is 2. The lowest BCUT2D eigenvalue weighted by Gasteiger charge is -2.19. The number of carbonyl (C=O) groups is 1. The molecular weight excluding hydrogens is 350 g/mol. The third-order valence-electron chi connectivity index (χ3n) is 4.56. The summed E-state index contributed by atoms with van der Waals surface area (Å²) in [6.45, 7) is 0. The lowest BCUT2D eigenvalue weighted by atomic mass is 9.88. The van der Waals surface area contributed by atoms with Crippen molar-refractivity contribution in [1.82, 2.24) is 9.78 Å². The molecule has 1 amide bonds. The number of anilines is 1. The molecule has 0 saturated heterocycles. The van der Waals surface area contributed by atoms with Gasteiger partial charge in [-0.3, -0.25) is 4.79 Å². The predicted octanol–water partition coefficient (Wildman–Crippen LogP) is 1.30. The van der Waals surface area contributed by atoms with Crippen molar-refractivity contribution in [3.8, 4) is 16.9 Å². The van der Waals surface area contributed by atoms with Crippen LogP contribution in [0.4, 0.5) is 5.69 Å². The highest BCUT2D eigenvalue weighted by Gasteiger charge is 2.28. The summed E-state index contributed by atoms with van der Waals surface area (Å²) < 4.78 is 13.1. The molecule has 132 valence electrons. The van der Waals surface area contributed by atoms with E-state index in [1.54, 1.807) is 28.9 Å². The molecule has 4 rings (SSSR count). The summed E-state index contributed by atoms with van der Waals surface area (Å²) in [5, 5.41) is 9.87. The van der Waals surface area contributed by atoms with Crippen LogP contribution in [0, 0.1) is 0 Å². The first-order valence-corrected chi connectivity index (χ1v) is 9.24. The van der Waals surface area contributed by atoms with E-state index < -0.39 is 16.9 Å². The van der Waals surface area contributed by atoms with Crippen molar-refractivity contribution in [1.29, 1.82) is 0 Å². The molecule has 1 aliphatic rings. The highest BCUT2D eigenvalue weighted by Crippen LogP contribution is 2.37. The Kier molecular flexibility index (Phi) is 3.86. The first kappa shape index (κ1) is 16.5. The monoisotopic (exact) mass is 367 g/mol.